The number of aromatic nitrogens is 4. The van der Waals surface area contributed by atoms with Gasteiger partial charge in [0.25, 0.3) is 0 Å². The van der Waals surface area contributed by atoms with Crippen LogP contribution >= 0.6 is 0 Å². The van der Waals surface area contributed by atoms with E-state index in [2.05, 4.69) is 19.9 Å². The van der Waals surface area contributed by atoms with E-state index in [0.29, 0.717) is 25.6 Å². The Labute approximate surface area is 140 Å². The third kappa shape index (κ3) is 2.83. The summed E-state index contributed by atoms with van der Waals surface area (Å²) in [5.41, 5.74) is 2.28. The Balaban J connectivity index is 1.52. The van der Waals surface area contributed by atoms with Crippen molar-refractivity contribution in [1.82, 2.24) is 19.7 Å². The lowest BCUT2D eigenvalue weighted by atomic mass is 10.1. The molecule has 0 bridgehead atoms. The smallest absolute Gasteiger partial charge is 0.227 e. The summed E-state index contributed by atoms with van der Waals surface area (Å²) < 4.78 is 1.85. The predicted octanol–water partition coefficient (Wildman–Crippen LogP) is 0.147. The molecule has 2 aromatic rings. The molecule has 1 unspecified atom stereocenters. The molecule has 0 aliphatic carbocycles. The first kappa shape index (κ1) is 15.3. The van der Waals surface area contributed by atoms with Crippen molar-refractivity contribution in [3.8, 4) is 0 Å². The van der Waals surface area contributed by atoms with E-state index in [4.69, 9.17) is 10.1 Å². The molecule has 2 aliphatic heterocycles. The molecule has 1 fully saturated rings. The second-order valence-corrected chi connectivity index (χ2v) is 6.38. The number of piperidine rings is 1. The van der Waals surface area contributed by atoms with Crippen LogP contribution in [0.4, 0.5) is 11.8 Å². The van der Waals surface area contributed by atoms with Crippen molar-refractivity contribution in [2.45, 2.75) is 38.6 Å². The molecule has 0 saturated carbocycles. The van der Waals surface area contributed by atoms with Crippen molar-refractivity contribution in [2.24, 2.45) is 0 Å². The fraction of sp³-hybridized carbons (Fsp3) is 0.562. The van der Waals surface area contributed by atoms with Gasteiger partial charge >= 0.3 is 0 Å². The Hall–Kier alpha value is -2.19. The second kappa shape index (κ2) is 6.37. The normalized spacial score (nSPS) is 20.5. The van der Waals surface area contributed by atoms with Gasteiger partial charge in [0.05, 0.1) is 37.7 Å². The van der Waals surface area contributed by atoms with Crippen LogP contribution in [0.5, 0.6) is 0 Å². The van der Waals surface area contributed by atoms with E-state index in [-0.39, 0.29) is 12.7 Å². The van der Waals surface area contributed by atoms with Gasteiger partial charge in [0.1, 0.15) is 5.82 Å². The van der Waals surface area contributed by atoms with Crippen LogP contribution in [-0.2, 0) is 19.6 Å². The van der Waals surface area contributed by atoms with E-state index in [1.165, 1.54) is 0 Å². The standard InChI is InChI=1S/C16H22N6O2/c23-7-6-22-14-11-21(9-12(14)8-18-22)16-17-4-3-15(19-16)20-5-1-2-13(24)10-20/h3-4,8,13,23-24H,1-2,5-7,9-11H2. The number of hydrogen-bond donors (Lipinski definition) is 2. The third-order valence-corrected chi connectivity index (χ3v) is 4.68. The van der Waals surface area contributed by atoms with Crippen molar-refractivity contribution < 1.29 is 10.2 Å². The maximum Gasteiger partial charge on any atom is 0.227 e. The van der Waals surface area contributed by atoms with Crippen molar-refractivity contribution in [3.05, 3.63) is 29.7 Å². The molecule has 0 spiro atoms. The van der Waals surface area contributed by atoms with Crippen molar-refractivity contribution >= 4 is 11.8 Å². The predicted molar refractivity (Wildman–Crippen MR) is 88.7 cm³/mol. The summed E-state index contributed by atoms with van der Waals surface area (Å²) in [6, 6.07) is 1.90. The molecule has 0 aromatic carbocycles. The van der Waals surface area contributed by atoms with Crippen LogP contribution in [0.3, 0.4) is 0 Å². The van der Waals surface area contributed by atoms with E-state index in [1.54, 1.807) is 6.20 Å². The lowest BCUT2D eigenvalue weighted by molar-refractivity contribution is 0.154. The summed E-state index contributed by atoms with van der Waals surface area (Å²) in [6.07, 6.45) is 5.19. The lowest BCUT2D eigenvalue weighted by Crippen LogP contribution is -2.38. The van der Waals surface area contributed by atoms with Gasteiger partial charge in [-0.25, -0.2) is 4.98 Å². The minimum atomic E-state index is -0.280. The van der Waals surface area contributed by atoms with Crippen molar-refractivity contribution in [2.75, 3.05) is 29.5 Å². The SMILES string of the molecule is OCCn1ncc2c1CN(c1nccc(N3CCCC(O)C3)n1)C2. The van der Waals surface area contributed by atoms with Crippen LogP contribution in [0.25, 0.3) is 0 Å². The Bertz CT molecular complexity index is 718. The fourth-order valence-electron chi connectivity index (χ4n) is 3.47. The van der Waals surface area contributed by atoms with Gasteiger partial charge in [-0.2, -0.15) is 10.1 Å². The van der Waals surface area contributed by atoms with Crippen molar-refractivity contribution in [1.29, 1.82) is 0 Å². The molecule has 0 radical (unpaired) electrons. The highest BCUT2D eigenvalue weighted by Gasteiger charge is 2.26. The summed E-state index contributed by atoms with van der Waals surface area (Å²) in [5.74, 6) is 1.56. The maximum atomic E-state index is 9.87. The van der Waals surface area contributed by atoms with Gasteiger partial charge in [-0.15, -0.1) is 0 Å². The van der Waals surface area contributed by atoms with Crippen molar-refractivity contribution in [3.63, 3.8) is 0 Å². The van der Waals surface area contributed by atoms with Crippen LogP contribution in [0.15, 0.2) is 18.5 Å². The third-order valence-electron chi connectivity index (χ3n) is 4.68. The quantitative estimate of drug-likeness (QED) is 0.824. The van der Waals surface area contributed by atoms with Crippen LogP contribution in [0.2, 0.25) is 0 Å². The fourth-order valence-corrected chi connectivity index (χ4v) is 3.47. The summed E-state index contributed by atoms with van der Waals surface area (Å²) in [5, 5.41) is 23.3. The number of rotatable bonds is 4. The molecular formula is C16H22N6O2. The van der Waals surface area contributed by atoms with Gasteiger partial charge in [0.15, 0.2) is 0 Å². The Morgan fingerprint density at radius 3 is 3.00 bits per heavy atom. The minimum absolute atomic E-state index is 0.0807. The molecule has 2 aliphatic rings. The molecule has 2 N–H and O–H groups in total. The zero-order valence-electron chi connectivity index (χ0n) is 13.5. The van der Waals surface area contributed by atoms with E-state index >= 15 is 0 Å². The highest BCUT2D eigenvalue weighted by Crippen LogP contribution is 2.27. The Morgan fingerprint density at radius 1 is 1.25 bits per heavy atom. The summed E-state index contributed by atoms with van der Waals surface area (Å²) in [4.78, 5) is 13.4. The van der Waals surface area contributed by atoms with Gasteiger partial charge in [0.2, 0.25) is 5.95 Å². The van der Waals surface area contributed by atoms with Crippen LogP contribution in [0, 0.1) is 0 Å². The van der Waals surface area contributed by atoms with Gasteiger partial charge in [-0.1, -0.05) is 0 Å². The molecule has 8 heteroatoms. The van der Waals surface area contributed by atoms with Gasteiger partial charge < -0.3 is 20.0 Å². The van der Waals surface area contributed by atoms with E-state index < -0.39 is 0 Å². The summed E-state index contributed by atoms with van der Waals surface area (Å²) >= 11 is 0. The van der Waals surface area contributed by atoms with Crippen LogP contribution in [0.1, 0.15) is 24.1 Å². The van der Waals surface area contributed by atoms with E-state index in [9.17, 15) is 5.11 Å². The minimum Gasteiger partial charge on any atom is -0.394 e. The molecule has 128 valence electrons. The molecule has 1 saturated heterocycles. The van der Waals surface area contributed by atoms with E-state index in [1.807, 2.05) is 16.9 Å². The molecule has 2 aromatic heterocycles. The number of β-amino-alcohol motifs (C(OH)–C–C–N with tert-alkyl or cyclic N) is 1. The molecule has 0 amide bonds. The number of anilines is 2. The number of aliphatic hydroxyl groups excluding tert-OH is 2. The molecule has 4 heterocycles. The highest BCUT2D eigenvalue weighted by atomic mass is 16.3. The Morgan fingerprint density at radius 2 is 2.17 bits per heavy atom. The number of fused-ring (bicyclic) bond motifs is 1. The van der Waals surface area contributed by atoms with Crippen LogP contribution in [-0.4, -0.2) is 55.8 Å². The van der Waals surface area contributed by atoms with E-state index in [0.717, 1.165) is 43.0 Å². The second-order valence-electron chi connectivity index (χ2n) is 6.38. The summed E-state index contributed by atoms with van der Waals surface area (Å²) in [6.45, 7) is 3.56. The monoisotopic (exact) mass is 330 g/mol. The number of nitrogens with zero attached hydrogens (tertiary/aromatic N) is 6. The van der Waals surface area contributed by atoms with Crippen LogP contribution < -0.4 is 9.80 Å². The first-order valence-electron chi connectivity index (χ1n) is 8.40. The maximum absolute atomic E-state index is 9.87. The topological polar surface area (TPSA) is 90.5 Å². The molecule has 4 rings (SSSR count). The average molecular weight is 330 g/mol. The number of hydrogen-bond acceptors (Lipinski definition) is 7. The number of aliphatic hydroxyl groups is 2. The largest absolute Gasteiger partial charge is 0.394 e. The molecular weight excluding hydrogens is 308 g/mol. The zero-order valence-corrected chi connectivity index (χ0v) is 13.5. The van der Waals surface area contributed by atoms with Gasteiger partial charge in [-0.05, 0) is 18.9 Å². The van der Waals surface area contributed by atoms with Gasteiger partial charge in [0, 0.05) is 31.4 Å². The zero-order chi connectivity index (χ0) is 16.5. The first-order chi connectivity index (χ1) is 11.7. The molecule has 1 atom stereocenters. The van der Waals surface area contributed by atoms with Gasteiger partial charge in [-0.3, -0.25) is 4.68 Å². The molecule has 24 heavy (non-hydrogen) atoms. The first-order valence-corrected chi connectivity index (χ1v) is 8.40. The molecule has 8 nitrogen and oxygen atoms in total. The highest BCUT2D eigenvalue weighted by molar-refractivity contribution is 5.47. The lowest BCUT2D eigenvalue weighted by Gasteiger charge is -2.31. The Kier molecular flexibility index (Phi) is 4.07. The average Bonchev–Trinajstić information content (AvgIpc) is 3.17. The summed E-state index contributed by atoms with van der Waals surface area (Å²) in [7, 11) is 0.